The van der Waals surface area contributed by atoms with E-state index in [1.165, 1.54) is 0 Å². The van der Waals surface area contributed by atoms with Gasteiger partial charge in [-0.1, -0.05) is 44.2 Å². The van der Waals surface area contributed by atoms with Crippen LogP contribution in [0.5, 0.6) is 0 Å². The van der Waals surface area contributed by atoms with Gasteiger partial charge in [-0.3, -0.25) is 4.79 Å². The molecule has 1 aromatic carbocycles. The molecule has 0 spiro atoms. The lowest BCUT2D eigenvalue weighted by Gasteiger charge is -2.36. The lowest BCUT2D eigenvalue weighted by molar-refractivity contribution is -0.134. The van der Waals surface area contributed by atoms with Crippen LogP contribution in [-0.4, -0.2) is 29.9 Å². The van der Waals surface area contributed by atoms with Crippen molar-refractivity contribution in [2.75, 3.05) is 13.1 Å². The molecule has 1 aromatic rings. The summed E-state index contributed by atoms with van der Waals surface area (Å²) in [5, 5.41) is 0. The normalized spacial score (nSPS) is 25.1. The summed E-state index contributed by atoms with van der Waals surface area (Å²) >= 11 is 0. The molecule has 1 amide bonds. The first kappa shape index (κ1) is 14.1. The Morgan fingerprint density at radius 1 is 1.32 bits per heavy atom. The molecular weight excluding hydrogens is 236 g/mol. The van der Waals surface area contributed by atoms with Crippen LogP contribution in [0.3, 0.4) is 0 Å². The van der Waals surface area contributed by atoms with E-state index in [2.05, 4.69) is 13.8 Å². The van der Waals surface area contributed by atoms with Crippen molar-refractivity contribution in [2.45, 2.75) is 32.7 Å². The second kappa shape index (κ2) is 6.20. The van der Waals surface area contributed by atoms with Crippen molar-refractivity contribution in [3.63, 3.8) is 0 Å². The van der Waals surface area contributed by atoms with Gasteiger partial charge in [0.15, 0.2) is 0 Å². The zero-order valence-electron chi connectivity index (χ0n) is 11.9. The van der Waals surface area contributed by atoms with Gasteiger partial charge in [0, 0.05) is 13.1 Å². The average Bonchev–Trinajstić information content (AvgIpc) is 2.42. The van der Waals surface area contributed by atoms with E-state index < -0.39 is 6.04 Å². The first-order valence-electron chi connectivity index (χ1n) is 7.16. The number of carbonyl (C=O) groups excluding carboxylic acids is 1. The monoisotopic (exact) mass is 260 g/mol. The number of benzene rings is 1. The van der Waals surface area contributed by atoms with Gasteiger partial charge in [0.1, 0.15) is 0 Å². The summed E-state index contributed by atoms with van der Waals surface area (Å²) in [7, 11) is 0. The molecule has 104 valence electrons. The van der Waals surface area contributed by atoms with Crippen LogP contribution in [0.2, 0.25) is 0 Å². The van der Waals surface area contributed by atoms with Crippen molar-refractivity contribution in [3.05, 3.63) is 35.9 Å². The Kier molecular flexibility index (Phi) is 4.59. The predicted octanol–water partition coefficient (Wildman–Crippen LogP) is 2.06. The second-order valence-electron chi connectivity index (χ2n) is 5.82. The third-order valence-electron chi connectivity index (χ3n) is 4.26. The van der Waals surface area contributed by atoms with Crippen molar-refractivity contribution in [2.24, 2.45) is 17.6 Å². The van der Waals surface area contributed by atoms with Crippen LogP contribution >= 0.6 is 0 Å². The van der Waals surface area contributed by atoms with E-state index in [-0.39, 0.29) is 5.91 Å². The number of amides is 1. The molecule has 1 fully saturated rings. The van der Waals surface area contributed by atoms with Gasteiger partial charge >= 0.3 is 0 Å². The summed E-state index contributed by atoms with van der Waals surface area (Å²) in [6.07, 6.45) is 1.71. The summed E-state index contributed by atoms with van der Waals surface area (Å²) < 4.78 is 0. The van der Waals surface area contributed by atoms with Crippen molar-refractivity contribution >= 4 is 5.91 Å². The Morgan fingerprint density at radius 2 is 2.00 bits per heavy atom. The van der Waals surface area contributed by atoms with Gasteiger partial charge in [0.25, 0.3) is 0 Å². The third-order valence-corrected chi connectivity index (χ3v) is 4.26. The van der Waals surface area contributed by atoms with Crippen LogP contribution in [0.25, 0.3) is 0 Å². The van der Waals surface area contributed by atoms with Gasteiger partial charge in [0.2, 0.25) is 5.91 Å². The van der Waals surface area contributed by atoms with Crippen molar-refractivity contribution in [3.8, 4) is 0 Å². The highest BCUT2D eigenvalue weighted by Crippen LogP contribution is 2.22. The van der Waals surface area contributed by atoms with Crippen LogP contribution in [-0.2, 0) is 11.2 Å². The predicted molar refractivity (Wildman–Crippen MR) is 77.6 cm³/mol. The molecule has 2 rings (SSSR count). The smallest absolute Gasteiger partial charge is 0.239 e. The molecule has 1 saturated heterocycles. The Morgan fingerprint density at radius 3 is 2.63 bits per heavy atom. The molecule has 0 bridgehead atoms. The zero-order valence-corrected chi connectivity index (χ0v) is 11.9. The number of hydrogen-bond acceptors (Lipinski definition) is 2. The van der Waals surface area contributed by atoms with Crippen molar-refractivity contribution in [1.29, 1.82) is 0 Å². The quantitative estimate of drug-likeness (QED) is 0.904. The summed E-state index contributed by atoms with van der Waals surface area (Å²) in [5.74, 6) is 1.37. The summed E-state index contributed by atoms with van der Waals surface area (Å²) in [5.41, 5.74) is 7.20. The van der Waals surface area contributed by atoms with E-state index in [1.807, 2.05) is 35.2 Å². The molecule has 0 saturated carbocycles. The minimum absolute atomic E-state index is 0.0996. The van der Waals surface area contributed by atoms with Gasteiger partial charge in [-0.25, -0.2) is 0 Å². The minimum Gasteiger partial charge on any atom is -0.341 e. The highest BCUT2D eigenvalue weighted by atomic mass is 16.2. The molecule has 3 nitrogen and oxygen atoms in total. The maximum atomic E-state index is 12.4. The van der Waals surface area contributed by atoms with Gasteiger partial charge < -0.3 is 10.6 Å². The highest BCUT2D eigenvalue weighted by Gasteiger charge is 2.28. The molecule has 0 aliphatic carbocycles. The lowest BCUT2D eigenvalue weighted by atomic mass is 9.88. The standard InChI is InChI=1S/C16H24N2O/c1-12-8-9-18(11-13(12)2)16(19)15(17)10-14-6-4-3-5-7-14/h3-7,12-13,15H,8-11,17H2,1-2H3/t12?,13?,15-/m1/s1. The number of carbonyl (C=O) groups is 1. The number of rotatable bonds is 3. The van der Waals surface area contributed by atoms with E-state index in [0.717, 1.165) is 25.1 Å². The SMILES string of the molecule is CC1CCN(C(=O)[C@H](N)Cc2ccccc2)CC1C. The van der Waals surface area contributed by atoms with E-state index in [4.69, 9.17) is 5.73 Å². The summed E-state index contributed by atoms with van der Waals surface area (Å²) in [6, 6.07) is 9.57. The lowest BCUT2D eigenvalue weighted by Crippen LogP contribution is -2.49. The van der Waals surface area contributed by atoms with Gasteiger partial charge in [-0.15, -0.1) is 0 Å². The Labute approximate surface area is 115 Å². The summed E-state index contributed by atoms with van der Waals surface area (Å²) in [4.78, 5) is 14.3. The third kappa shape index (κ3) is 3.57. The fourth-order valence-corrected chi connectivity index (χ4v) is 2.65. The fraction of sp³-hybridized carbons (Fsp3) is 0.562. The first-order valence-corrected chi connectivity index (χ1v) is 7.16. The Balaban J connectivity index is 1.92. The van der Waals surface area contributed by atoms with Gasteiger partial charge in [-0.2, -0.15) is 0 Å². The van der Waals surface area contributed by atoms with Crippen LogP contribution in [0.4, 0.5) is 0 Å². The van der Waals surface area contributed by atoms with E-state index in [0.29, 0.717) is 18.3 Å². The van der Waals surface area contributed by atoms with E-state index in [9.17, 15) is 4.79 Å². The van der Waals surface area contributed by atoms with Crippen molar-refractivity contribution < 1.29 is 4.79 Å². The number of hydrogen-bond donors (Lipinski definition) is 1. The Bertz CT molecular complexity index is 418. The molecule has 1 heterocycles. The zero-order chi connectivity index (χ0) is 13.8. The Hall–Kier alpha value is -1.35. The molecule has 3 atom stereocenters. The molecule has 2 N–H and O–H groups in total. The molecule has 0 aromatic heterocycles. The number of nitrogens with zero attached hydrogens (tertiary/aromatic N) is 1. The minimum atomic E-state index is -0.414. The molecule has 1 aliphatic rings. The molecule has 2 unspecified atom stereocenters. The van der Waals surface area contributed by atoms with Crippen LogP contribution in [0.1, 0.15) is 25.8 Å². The largest absolute Gasteiger partial charge is 0.341 e. The van der Waals surface area contributed by atoms with Crippen LogP contribution in [0.15, 0.2) is 30.3 Å². The number of nitrogens with two attached hydrogens (primary N) is 1. The molecule has 19 heavy (non-hydrogen) atoms. The average molecular weight is 260 g/mol. The number of piperidine rings is 1. The first-order chi connectivity index (χ1) is 9.08. The molecule has 3 heteroatoms. The van der Waals surface area contributed by atoms with E-state index in [1.54, 1.807) is 0 Å². The maximum absolute atomic E-state index is 12.4. The topological polar surface area (TPSA) is 46.3 Å². The fourth-order valence-electron chi connectivity index (χ4n) is 2.65. The summed E-state index contributed by atoms with van der Waals surface area (Å²) in [6.45, 7) is 6.18. The highest BCUT2D eigenvalue weighted by molar-refractivity contribution is 5.82. The molecule has 1 aliphatic heterocycles. The second-order valence-corrected chi connectivity index (χ2v) is 5.82. The van der Waals surface area contributed by atoms with Crippen molar-refractivity contribution in [1.82, 2.24) is 4.90 Å². The molecule has 0 radical (unpaired) electrons. The van der Waals surface area contributed by atoms with Crippen LogP contribution in [0, 0.1) is 11.8 Å². The maximum Gasteiger partial charge on any atom is 0.239 e. The number of likely N-dealkylation sites (tertiary alicyclic amines) is 1. The molecular formula is C16H24N2O. The van der Waals surface area contributed by atoms with Crippen LogP contribution < -0.4 is 5.73 Å². The van der Waals surface area contributed by atoms with Gasteiger partial charge in [0.05, 0.1) is 6.04 Å². The van der Waals surface area contributed by atoms with E-state index >= 15 is 0 Å². The van der Waals surface area contributed by atoms with Gasteiger partial charge in [-0.05, 0) is 30.2 Å².